The zero-order chi connectivity index (χ0) is 16.2. The van der Waals surface area contributed by atoms with Crippen molar-refractivity contribution >= 4 is 17.5 Å². The molecular formula is C19H18N2O2. The van der Waals surface area contributed by atoms with E-state index in [0.717, 1.165) is 22.4 Å². The molecule has 4 nitrogen and oxygen atoms in total. The molecule has 116 valence electrons. The molecule has 1 aliphatic rings. The number of hydrogen-bond donors (Lipinski definition) is 1. The molecule has 0 aliphatic carbocycles. The van der Waals surface area contributed by atoms with Gasteiger partial charge in [-0.25, -0.2) is 0 Å². The van der Waals surface area contributed by atoms with Crippen LogP contribution in [0.5, 0.6) is 0 Å². The van der Waals surface area contributed by atoms with Gasteiger partial charge in [-0.15, -0.1) is 0 Å². The maximum atomic E-state index is 12.6. The summed E-state index contributed by atoms with van der Waals surface area (Å²) < 4.78 is 0. The first kappa shape index (κ1) is 14.9. The second-order valence-corrected chi connectivity index (χ2v) is 5.37. The van der Waals surface area contributed by atoms with Crippen LogP contribution in [-0.4, -0.2) is 11.8 Å². The number of para-hydroxylation sites is 1. The first-order valence-electron chi connectivity index (χ1n) is 7.43. The molecule has 1 aliphatic heterocycles. The largest absolute Gasteiger partial charge is 0.370 e. The smallest absolute Gasteiger partial charge is 0.227 e. The van der Waals surface area contributed by atoms with E-state index in [1.165, 1.54) is 0 Å². The van der Waals surface area contributed by atoms with Gasteiger partial charge in [0.2, 0.25) is 11.8 Å². The van der Waals surface area contributed by atoms with E-state index in [4.69, 9.17) is 5.73 Å². The third kappa shape index (κ3) is 3.24. The van der Waals surface area contributed by atoms with Crippen molar-refractivity contribution in [3.63, 3.8) is 0 Å². The first-order valence-corrected chi connectivity index (χ1v) is 7.43. The van der Waals surface area contributed by atoms with Gasteiger partial charge < -0.3 is 10.6 Å². The van der Waals surface area contributed by atoms with Crippen LogP contribution in [0.1, 0.15) is 31.0 Å². The van der Waals surface area contributed by atoms with Gasteiger partial charge in [0.1, 0.15) is 0 Å². The number of benzene rings is 2. The van der Waals surface area contributed by atoms with E-state index in [1.54, 1.807) is 4.90 Å². The zero-order valence-corrected chi connectivity index (χ0v) is 12.6. The molecule has 0 bridgehead atoms. The molecule has 1 heterocycles. The fourth-order valence-electron chi connectivity index (χ4n) is 2.57. The molecule has 0 saturated carbocycles. The fourth-order valence-corrected chi connectivity index (χ4v) is 2.57. The SMILES string of the molecule is NC(=O)CCC(=O)N1Cc2ccccc2C#Cc2ccccc21.[HH]. The van der Waals surface area contributed by atoms with Crippen LogP contribution in [0, 0.1) is 11.8 Å². The van der Waals surface area contributed by atoms with Crippen molar-refractivity contribution < 1.29 is 11.0 Å². The van der Waals surface area contributed by atoms with Gasteiger partial charge in [0, 0.05) is 25.4 Å². The highest BCUT2D eigenvalue weighted by molar-refractivity contribution is 5.96. The Labute approximate surface area is 136 Å². The Morgan fingerprint density at radius 2 is 1.65 bits per heavy atom. The molecule has 4 heteroatoms. The van der Waals surface area contributed by atoms with E-state index >= 15 is 0 Å². The van der Waals surface area contributed by atoms with Gasteiger partial charge in [-0.1, -0.05) is 42.2 Å². The average Bonchev–Trinajstić information content (AvgIpc) is 2.55. The molecule has 0 unspecified atom stereocenters. The minimum Gasteiger partial charge on any atom is -0.370 e. The Kier molecular flexibility index (Phi) is 4.11. The highest BCUT2D eigenvalue weighted by atomic mass is 16.2. The minimum absolute atomic E-state index is 0. The Morgan fingerprint density at radius 1 is 1.00 bits per heavy atom. The molecule has 2 aromatic carbocycles. The van der Waals surface area contributed by atoms with E-state index in [1.807, 2.05) is 48.5 Å². The first-order chi connectivity index (χ1) is 11.1. The summed E-state index contributed by atoms with van der Waals surface area (Å²) in [6.45, 7) is 0.430. The van der Waals surface area contributed by atoms with Crippen LogP contribution >= 0.6 is 0 Å². The number of fused-ring (bicyclic) bond motifs is 2. The Morgan fingerprint density at radius 3 is 2.43 bits per heavy atom. The van der Waals surface area contributed by atoms with Crippen LogP contribution in [0.25, 0.3) is 0 Å². The predicted octanol–water partition coefficient (Wildman–Crippen LogP) is 2.44. The van der Waals surface area contributed by atoms with Crippen molar-refractivity contribution in [1.29, 1.82) is 0 Å². The number of amides is 2. The molecule has 3 rings (SSSR count). The van der Waals surface area contributed by atoms with Gasteiger partial charge in [-0.05, 0) is 23.8 Å². The van der Waals surface area contributed by atoms with Gasteiger partial charge in [0.25, 0.3) is 0 Å². The van der Waals surface area contributed by atoms with Crippen LogP contribution in [0.2, 0.25) is 0 Å². The summed E-state index contributed by atoms with van der Waals surface area (Å²) in [7, 11) is 0. The highest BCUT2D eigenvalue weighted by Crippen LogP contribution is 2.26. The van der Waals surface area contributed by atoms with Crippen LogP contribution < -0.4 is 10.6 Å². The van der Waals surface area contributed by atoms with Crippen molar-refractivity contribution in [2.45, 2.75) is 19.4 Å². The summed E-state index contributed by atoms with van der Waals surface area (Å²) in [6, 6.07) is 15.3. The summed E-state index contributed by atoms with van der Waals surface area (Å²) in [5.41, 5.74) is 8.63. The van der Waals surface area contributed by atoms with Crippen LogP contribution in [-0.2, 0) is 16.1 Å². The second-order valence-electron chi connectivity index (χ2n) is 5.37. The van der Waals surface area contributed by atoms with Gasteiger partial charge >= 0.3 is 0 Å². The molecule has 0 saturated heterocycles. The van der Waals surface area contributed by atoms with E-state index in [-0.39, 0.29) is 20.2 Å². The lowest BCUT2D eigenvalue weighted by Gasteiger charge is -2.25. The average molecular weight is 306 g/mol. The van der Waals surface area contributed by atoms with Crippen LogP contribution in [0.15, 0.2) is 48.5 Å². The molecule has 2 aromatic rings. The Hall–Kier alpha value is -3.06. The Bertz CT molecular complexity index is 837. The topological polar surface area (TPSA) is 63.4 Å². The molecule has 0 atom stereocenters. The van der Waals surface area contributed by atoms with Gasteiger partial charge in [0.15, 0.2) is 0 Å². The number of carbonyl (C=O) groups excluding carboxylic acids is 2. The van der Waals surface area contributed by atoms with Crippen molar-refractivity contribution in [3.8, 4) is 11.8 Å². The lowest BCUT2D eigenvalue weighted by Crippen LogP contribution is -2.32. The maximum Gasteiger partial charge on any atom is 0.227 e. The molecule has 2 N–H and O–H groups in total. The van der Waals surface area contributed by atoms with E-state index in [2.05, 4.69) is 11.8 Å². The number of rotatable bonds is 3. The summed E-state index contributed by atoms with van der Waals surface area (Å²) in [5.74, 6) is 5.70. The van der Waals surface area contributed by atoms with Gasteiger partial charge in [0.05, 0.1) is 12.2 Å². The van der Waals surface area contributed by atoms with Gasteiger partial charge in [-0.3, -0.25) is 9.59 Å². The van der Waals surface area contributed by atoms with Gasteiger partial charge in [-0.2, -0.15) is 0 Å². The predicted molar refractivity (Wildman–Crippen MR) is 90.6 cm³/mol. The number of hydrogen-bond acceptors (Lipinski definition) is 2. The van der Waals surface area contributed by atoms with Crippen molar-refractivity contribution in [1.82, 2.24) is 0 Å². The summed E-state index contributed by atoms with van der Waals surface area (Å²) in [6.07, 6.45) is 0.143. The molecule has 0 fully saturated rings. The molecule has 0 radical (unpaired) electrons. The molecule has 0 aromatic heterocycles. The fraction of sp³-hybridized carbons (Fsp3) is 0.158. The van der Waals surface area contributed by atoms with Crippen molar-refractivity contribution in [2.75, 3.05) is 4.90 Å². The number of anilines is 1. The third-order valence-electron chi connectivity index (χ3n) is 3.76. The van der Waals surface area contributed by atoms with E-state index < -0.39 is 5.91 Å². The lowest BCUT2D eigenvalue weighted by atomic mass is 10.0. The summed E-state index contributed by atoms with van der Waals surface area (Å²) in [5, 5.41) is 0. The quantitative estimate of drug-likeness (QED) is 0.885. The van der Waals surface area contributed by atoms with Crippen molar-refractivity contribution in [3.05, 3.63) is 65.2 Å². The normalized spacial score (nSPS) is 12.1. The van der Waals surface area contributed by atoms with Crippen LogP contribution in [0.4, 0.5) is 5.69 Å². The molecule has 2 amide bonds. The summed E-state index contributed by atoms with van der Waals surface area (Å²) in [4.78, 5) is 25.3. The number of nitrogens with zero attached hydrogens (tertiary/aromatic N) is 1. The highest BCUT2D eigenvalue weighted by Gasteiger charge is 2.21. The van der Waals surface area contributed by atoms with Crippen molar-refractivity contribution in [2.24, 2.45) is 5.73 Å². The maximum absolute atomic E-state index is 12.6. The minimum atomic E-state index is -0.473. The third-order valence-corrected chi connectivity index (χ3v) is 3.76. The number of nitrogens with two attached hydrogens (primary N) is 1. The second kappa shape index (κ2) is 6.37. The zero-order valence-electron chi connectivity index (χ0n) is 12.6. The lowest BCUT2D eigenvalue weighted by molar-refractivity contribution is -0.123. The molecule has 23 heavy (non-hydrogen) atoms. The molecular weight excluding hydrogens is 288 g/mol. The number of primary amides is 1. The van der Waals surface area contributed by atoms with E-state index in [0.29, 0.717) is 6.54 Å². The Balaban J connectivity index is 0.00000208. The summed E-state index contributed by atoms with van der Waals surface area (Å²) >= 11 is 0. The van der Waals surface area contributed by atoms with E-state index in [9.17, 15) is 9.59 Å². The number of carbonyl (C=O) groups is 2. The molecule has 0 spiro atoms. The monoisotopic (exact) mass is 306 g/mol. The standard InChI is InChI=1S/C19H16N2O2.H2/c20-18(22)11-12-19(23)21-13-16-7-2-1-5-14(16)9-10-15-6-3-4-8-17(15)21;/h1-8H,11-13H2,(H2,20,22);1H. The van der Waals surface area contributed by atoms with Crippen LogP contribution in [0.3, 0.4) is 0 Å².